The average Bonchev–Trinajstić information content (AvgIpc) is 1.61. The van der Waals surface area contributed by atoms with Crippen LogP contribution in [0.15, 0.2) is 12.7 Å². The molecule has 4 nitrogen and oxygen atoms in total. The molecule has 0 amide bonds. The molecule has 0 spiro atoms. The topological polar surface area (TPSA) is 77.8 Å². The molecule has 0 bridgehead atoms. The molecule has 9 heavy (non-hydrogen) atoms. The lowest BCUT2D eigenvalue weighted by Gasteiger charge is -1.82. The van der Waals surface area contributed by atoms with Crippen LogP contribution in [-0.4, -0.2) is 20.6 Å². The molecule has 0 aliphatic rings. The number of rotatable bonds is 1. The lowest BCUT2D eigenvalue weighted by atomic mass is 10.8. The SMILES string of the molecule is C=CCCl.O=P(O)(O)O. The van der Waals surface area contributed by atoms with Crippen LogP contribution in [0.3, 0.4) is 0 Å². The molecule has 0 heterocycles. The smallest absolute Gasteiger partial charge is 0.303 e. The van der Waals surface area contributed by atoms with Gasteiger partial charge in [-0.3, -0.25) is 0 Å². The van der Waals surface area contributed by atoms with Crippen molar-refractivity contribution in [2.75, 3.05) is 5.88 Å². The van der Waals surface area contributed by atoms with Crippen LogP contribution in [0.4, 0.5) is 0 Å². The number of alkyl halides is 1. The molecule has 0 rings (SSSR count). The first-order valence-electron chi connectivity index (χ1n) is 1.87. The van der Waals surface area contributed by atoms with E-state index in [2.05, 4.69) is 6.58 Å². The first-order chi connectivity index (χ1) is 3.91. The minimum absolute atomic E-state index is 0.556. The second-order valence-corrected chi connectivity index (χ2v) is 2.29. The van der Waals surface area contributed by atoms with Crippen molar-refractivity contribution in [3.63, 3.8) is 0 Å². The van der Waals surface area contributed by atoms with Gasteiger partial charge in [0.2, 0.25) is 0 Å². The van der Waals surface area contributed by atoms with Crippen LogP contribution >= 0.6 is 19.4 Å². The molecule has 0 radical (unpaired) electrons. The lowest BCUT2D eigenvalue weighted by Crippen LogP contribution is -1.66. The summed E-state index contributed by atoms with van der Waals surface area (Å²) in [6, 6.07) is 0. The maximum atomic E-state index is 8.88. The molecule has 3 N–H and O–H groups in total. The van der Waals surface area contributed by atoms with Crippen molar-refractivity contribution in [1.82, 2.24) is 0 Å². The number of phosphoric acid groups is 1. The van der Waals surface area contributed by atoms with E-state index in [1.165, 1.54) is 0 Å². The molecule has 0 atom stereocenters. The van der Waals surface area contributed by atoms with Crippen molar-refractivity contribution in [2.45, 2.75) is 0 Å². The fraction of sp³-hybridized carbons (Fsp3) is 0.333. The van der Waals surface area contributed by atoms with E-state index in [1.54, 1.807) is 6.08 Å². The highest BCUT2D eigenvalue weighted by Gasteiger charge is 2.00. The summed E-state index contributed by atoms with van der Waals surface area (Å²) < 4.78 is 8.88. The fourth-order valence-corrected chi connectivity index (χ4v) is 0. The number of halogens is 1. The van der Waals surface area contributed by atoms with E-state index in [0.29, 0.717) is 5.88 Å². The minimum Gasteiger partial charge on any atom is -0.303 e. The van der Waals surface area contributed by atoms with E-state index >= 15 is 0 Å². The highest BCUT2D eigenvalue weighted by atomic mass is 35.5. The Labute approximate surface area is 58.0 Å². The molecule has 6 heteroatoms. The number of hydrogen-bond donors (Lipinski definition) is 3. The first-order valence-corrected chi connectivity index (χ1v) is 3.97. The molecule has 0 aliphatic carbocycles. The lowest BCUT2D eigenvalue weighted by molar-refractivity contribution is 0.275. The molecule has 0 saturated heterocycles. The molecule has 0 unspecified atom stereocenters. The zero-order valence-electron chi connectivity index (χ0n) is 4.57. The summed E-state index contributed by atoms with van der Waals surface area (Å²) in [4.78, 5) is 21.6. The summed E-state index contributed by atoms with van der Waals surface area (Å²) in [7, 11) is -4.64. The summed E-state index contributed by atoms with van der Waals surface area (Å²) in [5.41, 5.74) is 0. The third kappa shape index (κ3) is 236. The van der Waals surface area contributed by atoms with Gasteiger partial charge in [0.15, 0.2) is 0 Å². The zero-order valence-corrected chi connectivity index (χ0v) is 6.22. The van der Waals surface area contributed by atoms with Crippen LogP contribution in [0.2, 0.25) is 0 Å². The standard InChI is InChI=1S/C3H5Cl.H3O4P/c1-2-3-4;1-5(2,3)4/h2H,1,3H2;(H3,1,2,3,4). The predicted molar refractivity (Wildman–Crippen MR) is 35.2 cm³/mol. The van der Waals surface area contributed by atoms with Crippen LogP contribution in [0, 0.1) is 0 Å². The van der Waals surface area contributed by atoms with Gasteiger partial charge in [-0.15, -0.1) is 18.2 Å². The van der Waals surface area contributed by atoms with Crippen molar-refractivity contribution >= 4 is 19.4 Å². The van der Waals surface area contributed by atoms with Crippen molar-refractivity contribution in [3.8, 4) is 0 Å². The van der Waals surface area contributed by atoms with E-state index < -0.39 is 7.82 Å². The van der Waals surface area contributed by atoms with Gasteiger partial charge in [0.25, 0.3) is 0 Å². The van der Waals surface area contributed by atoms with Crippen LogP contribution in [0.1, 0.15) is 0 Å². The van der Waals surface area contributed by atoms with Gasteiger partial charge in [0, 0.05) is 5.88 Å². The third-order valence-electron chi connectivity index (χ3n) is 0.109. The van der Waals surface area contributed by atoms with Gasteiger partial charge in [-0.1, -0.05) is 6.08 Å². The predicted octanol–water partition coefficient (Wildman–Crippen LogP) is 0.483. The maximum Gasteiger partial charge on any atom is 0.466 e. The quantitative estimate of drug-likeness (QED) is 0.307. The zero-order chi connectivity index (χ0) is 7.91. The molecule has 0 aromatic carbocycles. The van der Waals surface area contributed by atoms with Gasteiger partial charge < -0.3 is 14.7 Å². The molecule has 0 aromatic heterocycles. The largest absolute Gasteiger partial charge is 0.466 e. The summed E-state index contributed by atoms with van der Waals surface area (Å²) in [5, 5.41) is 0. The van der Waals surface area contributed by atoms with E-state index in [1.807, 2.05) is 0 Å². The van der Waals surface area contributed by atoms with Crippen molar-refractivity contribution in [1.29, 1.82) is 0 Å². The normalized spacial score (nSPS) is 9.33. The van der Waals surface area contributed by atoms with Gasteiger partial charge in [-0.2, -0.15) is 0 Å². The summed E-state index contributed by atoms with van der Waals surface area (Å²) in [6.07, 6.45) is 1.64. The average molecular weight is 175 g/mol. The summed E-state index contributed by atoms with van der Waals surface area (Å²) >= 11 is 5.07. The van der Waals surface area contributed by atoms with Crippen LogP contribution < -0.4 is 0 Å². The monoisotopic (exact) mass is 174 g/mol. The third-order valence-corrected chi connectivity index (χ3v) is 0.327. The Bertz CT molecular complexity index is 100. The van der Waals surface area contributed by atoms with E-state index in [4.69, 9.17) is 30.8 Å². The second-order valence-electron chi connectivity index (χ2n) is 0.956. The number of allylic oxidation sites excluding steroid dienone is 1. The highest BCUT2D eigenvalue weighted by Crippen LogP contribution is 2.25. The van der Waals surface area contributed by atoms with Crippen molar-refractivity contribution in [2.24, 2.45) is 0 Å². The van der Waals surface area contributed by atoms with E-state index in [9.17, 15) is 0 Å². The van der Waals surface area contributed by atoms with E-state index in [0.717, 1.165) is 0 Å². The molecule has 56 valence electrons. The van der Waals surface area contributed by atoms with Gasteiger partial charge >= 0.3 is 7.82 Å². The molecule has 0 saturated carbocycles. The van der Waals surface area contributed by atoms with Gasteiger partial charge in [-0.25, -0.2) is 4.57 Å². The van der Waals surface area contributed by atoms with Crippen molar-refractivity contribution in [3.05, 3.63) is 12.7 Å². The highest BCUT2D eigenvalue weighted by molar-refractivity contribution is 7.45. The summed E-state index contributed by atoms with van der Waals surface area (Å²) in [6.45, 7) is 3.35. The Morgan fingerprint density at radius 3 is 1.67 bits per heavy atom. The Morgan fingerprint density at radius 2 is 1.67 bits per heavy atom. The first kappa shape index (κ1) is 11.9. The molecular weight excluding hydrogens is 166 g/mol. The van der Waals surface area contributed by atoms with Gasteiger partial charge in [0.1, 0.15) is 0 Å². The molecule has 0 fully saturated rings. The Balaban J connectivity index is 0. The van der Waals surface area contributed by atoms with Gasteiger partial charge in [0.05, 0.1) is 0 Å². The Kier molecular flexibility index (Phi) is 8.27. The molecule has 0 aromatic rings. The Hall–Kier alpha value is 0.140. The second kappa shape index (κ2) is 6.26. The molecule has 0 aliphatic heterocycles. The maximum absolute atomic E-state index is 8.88. The minimum atomic E-state index is -4.64. The Morgan fingerprint density at radius 1 is 1.56 bits per heavy atom. The van der Waals surface area contributed by atoms with Crippen LogP contribution in [0.25, 0.3) is 0 Å². The number of hydrogen-bond acceptors (Lipinski definition) is 1. The summed E-state index contributed by atoms with van der Waals surface area (Å²) in [5.74, 6) is 0.556. The van der Waals surface area contributed by atoms with Gasteiger partial charge in [-0.05, 0) is 0 Å². The van der Waals surface area contributed by atoms with Crippen LogP contribution in [0.5, 0.6) is 0 Å². The van der Waals surface area contributed by atoms with Crippen LogP contribution in [-0.2, 0) is 4.57 Å². The molecular formula is C3H8ClO4P. The van der Waals surface area contributed by atoms with Crippen molar-refractivity contribution < 1.29 is 19.2 Å². The van der Waals surface area contributed by atoms with E-state index in [-0.39, 0.29) is 0 Å². The fourth-order valence-electron chi connectivity index (χ4n) is 0.